The van der Waals surface area contributed by atoms with Crippen molar-refractivity contribution < 1.29 is 9.53 Å². The second kappa shape index (κ2) is 5.80. The summed E-state index contributed by atoms with van der Waals surface area (Å²) in [7, 11) is 1.68. The molecule has 3 rings (SSSR count). The number of carbonyl (C=O) groups excluding carboxylic acids is 1. The molecule has 2 unspecified atom stereocenters. The van der Waals surface area contributed by atoms with Crippen molar-refractivity contribution in [3.63, 3.8) is 0 Å². The number of nitrogens with one attached hydrogen (secondary N) is 1. The first kappa shape index (κ1) is 14.6. The van der Waals surface area contributed by atoms with E-state index in [4.69, 9.17) is 4.74 Å². The fourth-order valence-corrected chi connectivity index (χ4v) is 3.97. The van der Waals surface area contributed by atoms with Gasteiger partial charge >= 0.3 is 0 Å². The van der Waals surface area contributed by atoms with E-state index in [1.165, 1.54) is 19.3 Å². The second-order valence-electron chi connectivity index (χ2n) is 6.66. The number of methoxy groups -OCH3 is 1. The Morgan fingerprint density at radius 3 is 2.43 bits per heavy atom. The Hall–Kier alpha value is -1.35. The second-order valence-corrected chi connectivity index (χ2v) is 6.66. The highest BCUT2D eigenvalue weighted by molar-refractivity contribution is 5.99. The third-order valence-electron chi connectivity index (χ3n) is 5.09. The van der Waals surface area contributed by atoms with Crippen LogP contribution in [0.2, 0.25) is 0 Å². The fourth-order valence-electron chi connectivity index (χ4n) is 3.97. The van der Waals surface area contributed by atoms with Crippen molar-refractivity contribution in [2.45, 2.75) is 58.0 Å². The van der Waals surface area contributed by atoms with Gasteiger partial charge in [0.1, 0.15) is 5.75 Å². The SMILES string of the molecule is COc1cc(C)c(C(=O)C2CC3CCCC(C2)N3)cc1C. The topological polar surface area (TPSA) is 38.3 Å². The molecule has 1 aromatic carbocycles. The Kier molecular flexibility index (Phi) is 4.03. The van der Waals surface area contributed by atoms with Crippen molar-refractivity contribution in [1.29, 1.82) is 0 Å². The minimum Gasteiger partial charge on any atom is -0.496 e. The van der Waals surface area contributed by atoms with Gasteiger partial charge in [0.2, 0.25) is 0 Å². The summed E-state index contributed by atoms with van der Waals surface area (Å²) in [6.07, 6.45) is 5.76. The first-order chi connectivity index (χ1) is 10.1. The molecule has 2 fully saturated rings. The van der Waals surface area contributed by atoms with Crippen LogP contribution in [0.15, 0.2) is 12.1 Å². The normalized spacial score (nSPS) is 28.2. The number of ketones is 1. The van der Waals surface area contributed by atoms with Gasteiger partial charge in [-0.05, 0) is 62.8 Å². The summed E-state index contributed by atoms with van der Waals surface area (Å²) < 4.78 is 5.35. The molecule has 0 spiro atoms. The molecule has 2 aliphatic rings. The smallest absolute Gasteiger partial charge is 0.166 e. The van der Waals surface area contributed by atoms with Crippen LogP contribution in [0, 0.1) is 19.8 Å². The van der Waals surface area contributed by atoms with Crippen molar-refractivity contribution in [3.05, 3.63) is 28.8 Å². The van der Waals surface area contributed by atoms with Gasteiger partial charge in [0, 0.05) is 23.6 Å². The molecule has 3 nitrogen and oxygen atoms in total. The largest absolute Gasteiger partial charge is 0.496 e. The Morgan fingerprint density at radius 1 is 1.14 bits per heavy atom. The van der Waals surface area contributed by atoms with Crippen molar-refractivity contribution >= 4 is 5.78 Å². The summed E-state index contributed by atoms with van der Waals surface area (Å²) in [6, 6.07) is 5.09. The van der Waals surface area contributed by atoms with Crippen molar-refractivity contribution in [2.24, 2.45) is 5.92 Å². The lowest BCUT2D eigenvalue weighted by Crippen LogP contribution is -2.50. The van der Waals surface area contributed by atoms with Gasteiger partial charge < -0.3 is 10.1 Å². The number of benzene rings is 1. The summed E-state index contributed by atoms with van der Waals surface area (Å²) in [6.45, 7) is 4.02. The summed E-state index contributed by atoms with van der Waals surface area (Å²) in [5.74, 6) is 1.39. The van der Waals surface area contributed by atoms with Crippen LogP contribution in [0.3, 0.4) is 0 Å². The van der Waals surface area contributed by atoms with Crippen molar-refractivity contribution in [3.8, 4) is 5.75 Å². The number of ether oxygens (including phenoxy) is 1. The summed E-state index contributed by atoms with van der Waals surface area (Å²) in [5.41, 5.74) is 2.96. The van der Waals surface area contributed by atoms with Crippen LogP contribution in [-0.4, -0.2) is 25.0 Å². The summed E-state index contributed by atoms with van der Waals surface area (Å²) >= 11 is 0. The first-order valence-corrected chi connectivity index (χ1v) is 8.04. The zero-order valence-corrected chi connectivity index (χ0v) is 13.2. The number of piperidine rings is 2. The van der Waals surface area contributed by atoms with E-state index in [1.807, 2.05) is 26.0 Å². The maximum atomic E-state index is 12.9. The highest BCUT2D eigenvalue weighted by atomic mass is 16.5. The fraction of sp³-hybridized carbons (Fsp3) is 0.611. The molecule has 3 heteroatoms. The lowest BCUT2D eigenvalue weighted by Gasteiger charge is -2.40. The van der Waals surface area contributed by atoms with Crippen LogP contribution in [-0.2, 0) is 0 Å². The lowest BCUT2D eigenvalue weighted by molar-refractivity contribution is 0.0824. The number of fused-ring (bicyclic) bond motifs is 2. The monoisotopic (exact) mass is 287 g/mol. The molecular weight excluding hydrogens is 262 g/mol. The summed E-state index contributed by atoms with van der Waals surface area (Å²) in [4.78, 5) is 12.9. The van der Waals surface area contributed by atoms with Gasteiger partial charge in [0.15, 0.2) is 5.78 Å². The van der Waals surface area contributed by atoms with Crippen LogP contribution in [0.5, 0.6) is 5.75 Å². The van der Waals surface area contributed by atoms with E-state index in [-0.39, 0.29) is 5.92 Å². The molecular formula is C18H25NO2. The average Bonchev–Trinajstić information content (AvgIpc) is 2.48. The molecule has 2 aliphatic heterocycles. The van der Waals surface area contributed by atoms with Crippen LogP contribution in [0.4, 0.5) is 0 Å². The van der Waals surface area contributed by atoms with Gasteiger partial charge in [-0.15, -0.1) is 0 Å². The van der Waals surface area contributed by atoms with Gasteiger partial charge in [0.05, 0.1) is 7.11 Å². The molecule has 1 N–H and O–H groups in total. The molecule has 2 bridgehead atoms. The third-order valence-corrected chi connectivity index (χ3v) is 5.09. The highest BCUT2D eigenvalue weighted by Gasteiger charge is 2.35. The van der Waals surface area contributed by atoms with E-state index in [9.17, 15) is 4.79 Å². The molecule has 0 saturated carbocycles. The van der Waals surface area contributed by atoms with E-state index in [1.54, 1.807) is 7.11 Å². The number of aryl methyl sites for hydroxylation is 2. The Balaban J connectivity index is 1.83. The quantitative estimate of drug-likeness (QED) is 0.866. The zero-order valence-electron chi connectivity index (χ0n) is 13.2. The Labute approximate surface area is 127 Å². The van der Waals surface area contributed by atoms with E-state index in [2.05, 4.69) is 5.32 Å². The predicted molar refractivity (Wildman–Crippen MR) is 84.1 cm³/mol. The van der Waals surface area contributed by atoms with E-state index >= 15 is 0 Å². The molecule has 2 heterocycles. The average molecular weight is 287 g/mol. The maximum absolute atomic E-state index is 12.9. The van der Waals surface area contributed by atoms with E-state index in [0.29, 0.717) is 17.9 Å². The Morgan fingerprint density at radius 2 is 1.81 bits per heavy atom. The van der Waals surface area contributed by atoms with E-state index in [0.717, 1.165) is 35.3 Å². The summed E-state index contributed by atoms with van der Waals surface area (Å²) in [5, 5.41) is 3.66. The van der Waals surface area contributed by atoms with E-state index < -0.39 is 0 Å². The minimum atomic E-state index is 0.188. The molecule has 21 heavy (non-hydrogen) atoms. The molecule has 0 radical (unpaired) electrons. The first-order valence-electron chi connectivity index (χ1n) is 8.04. The van der Waals surface area contributed by atoms with Crippen molar-refractivity contribution in [2.75, 3.05) is 7.11 Å². The van der Waals surface area contributed by atoms with Gasteiger partial charge in [-0.3, -0.25) is 4.79 Å². The number of rotatable bonds is 3. The minimum absolute atomic E-state index is 0.188. The molecule has 2 saturated heterocycles. The third kappa shape index (κ3) is 2.84. The van der Waals surface area contributed by atoms with Crippen LogP contribution in [0.1, 0.15) is 53.6 Å². The van der Waals surface area contributed by atoms with Gasteiger partial charge in [0.25, 0.3) is 0 Å². The van der Waals surface area contributed by atoms with Gasteiger partial charge in [-0.1, -0.05) is 6.42 Å². The molecule has 114 valence electrons. The predicted octanol–water partition coefficient (Wildman–Crippen LogP) is 3.42. The highest BCUT2D eigenvalue weighted by Crippen LogP contribution is 2.33. The van der Waals surface area contributed by atoms with Crippen molar-refractivity contribution in [1.82, 2.24) is 5.32 Å². The number of carbonyl (C=O) groups is 1. The lowest BCUT2D eigenvalue weighted by atomic mass is 9.76. The molecule has 0 aliphatic carbocycles. The number of Topliss-reactive ketones (excluding diaryl/α,β-unsaturated/α-hetero) is 1. The number of hydrogen-bond acceptors (Lipinski definition) is 3. The molecule has 0 aromatic heterocycles. The van der Waals surface area contributed by atoms with Crippen LogP contribution >= 0.6 is 0 Å². The maximum Gasteiger partial charge on any atom is 0.166 e. The van der Waals surface area contributed by atoms with Crippen LogP contribution in [0.25, 0.3) is 0 Å². The Bertz CT molecular complexity index is 540. The zero-order chi connectivity index (χ0) is 15.0. The van der Waals surface area contributed by atoms with Gasteiger partial charge in [-0.2, -0.15) is 0 Å². The molecule has 0 amide bonds. The molecule has 2 atom stereocenters. The molecule has 1 aromatic rings. The van der Waals surface area contributed by atoms with Crippen LogP contribution < -0.4 is 10.1 Å². The van der Waals surface area contributed by atoms with Gasteiger partial charge in [-0.25, -0.2) is 0 Å². The number of hydrogen-bond donors (Lipinski definition) is 1. The standard InChI is InChI=1S/C18H25NO2/c1-11-8-17(21-3)12(2)7-16(11)18(20)13-9-14-5-4-6-15(10-13)19-14/h7-8,13-15,19H,4-6,9-10H2,1-3H3.